The molecule has 1 aliphatic rings. The number of quaternary nitrogens is 1. The van der Waals surface area contributed by atoms with Crippen molar-refractivity contribution in [1.29, 1.82) is 0 Å². The van der Waals surface area contributed by atoms with Crippen LogP contribution in [0.15, 0.2) is 30.5 Å². The molecule has 0 radical (unpaired) electrons. The van der Waals surface area contributed by atoms with Gasteiger partial charge in [-0.2, -0.15) is 0 Å². The van der Waals surface area contributed by atoms with Gasteiger partial charge in [-0.05, 0) is 19.9 Å². The highest BCUT2D eigenvalue weighted by atomic mass is 16.3. The number of fused-ring (bicyclic) bond motifs is 1. The Morgan fingerprint density at radius 2 is 1.96 bits per heavy atom. The first-order valence-electron chi connectivity index (χ1n) is 9.14. The minimum Gasteiger partial charge on any atom is -0.390 e. The monoisotopic (exact) mass is 352 g/mol. The van der Waals surface area contributed by atoms with Gasteiger partial charge in [0.2, 0.25) is 0 Å². The molecule has 0 spiro atoms. The molecule has 5 N–H and O–H groups in total. The highest BCUT2D eigenvalue weighted by Crippen LogP contribution is 2.32. The van der Waals surface area contributed by atoms with E-state index in [1.165, 1.54) is 0 Å². The Hall–Kier alpha value is -2.44. The van der Waals surface area contributed by atoms with Crippen molar-refractivity contribution in [3.05, 3.63) is 41.9 Å². The molecule has 1 aromatic carbocycles. The zero-order chi connectivity index (χ0) is 18.3. The van der Waals surface area contributed by atoms with E-state index in [0.29, 0.717) is 5.69 Å². The first-order valence-corrected chi connectivity index (χ1v) is 9.14. The van der Waals surface area contributed by atoms with Gasteiger partial charge in [-0.15, -0.1) is 0 Å². The molecular formula is C20H26N5O+. The fraction of sp³-hybridized carbons (Fsp3) is 0.400. The number of hydrogen-bond acceptors (Lipinski definition) is 4. The number of nitrogens with zero attached hydrogens (tertiary/aromatic N) is 3. The number of aliphatic hydroxyl groups excluding tert-OH is 1. The molecule has 2 aromatic heterocycles. The average molecular weight is 352 g/mol. The summed E-state index contributed by atoms with van der Waals surface area (Å²) in [4.78, 5) is 15.2. The number of nitrogens with one attached hydrogen (secondary N) is 1. The van der Waals surface area contributed by atoms with E-state index < -0.39 is 0 Å². The second kappa shape index (κ2) is 6.37. The van der Waals surface area contributed by atoms with Crippen molar-refractivity contribution < 1.29 is 10.8 Å². The van der Waals surface area contributed by atoms with Crippen LogP contribution in [0.4, 0.5) is 5.82 Å². The van der Waals surface area contributed by atoms with E-state index >= 15 is 0 Å². The molecule has 6 heteroatoms. The number of para-hydroxylation sites is 1. The maximum atomic E-state index is 9.93. The topological polar surface area (TPSA) is 92.7 Å². The van der Waals surface area contributed by atoms with Crippen molar-refractivity contribution >= 4 is 16.7 Å². The van der Waals surface area contributed by atoms with Crippen LogP contribution < -0.4 is 10.6 Å². The Labute approximate surface area is 153 Å². The summed E-state index contributed by atoms with van der Waals surface area (Å²) in [5.74, 6) is 0.809. The van der Waals surface area contributed by atoms with Gasteiger partial charge in [-0.3, -0.25) is 0 Å². The van der Waals surface area contributed by atoms with E-state index in [-0.39, 0.29) is 12.1 Å². The molecule has 1 aliphatic heterocycles. The number of aliphatic hydroxyl groups is 1. The van der Waals surface area contributed by atoms with Crippen molar-refractivity contribution in [3.63, 3.8) is 0 Å². The van der Waals surface area contributed by atoms with Crippen molar-refractivity contribution in [2.75, 3.05) is 18.0 Å². The lowest BCUT2D eigenvalue weighted by Crippen LogP contribution is -2.73. The van der Waals surface area contributed by atoms with Gasteiger partial charge in [0.15, 0.2) is 5.82 Å². The summed E-state index contributed by atoms with van der Waals surface area (Å²) >= 11 is 0. The van der Waals surface area contributed by atoms with Crippen molar-refractivity contribution in [3.8, 4) is 11.3 Å². The van der Waals surface area contributed by atoms with E-state index in [0.717, 1.165) is 59.6 Å². The first kappa shape index (κ1) is 17.0. The summed E-state index contributed by atoms with van der Waals surface area (Å²) in [6.45, 7) is 5.87. The molecular weight excluding hydrogens is 326 g/mol. The molecule has 6 nitrogen and oxygen atoms in total. The molecule has 1 saturated heterocycles. The van der Waals surface area contributed by atoms with Crippen molar-refractivity contribution in [1.82, 2.24) is 15.0 Å². The smallest absolute Gasteiger partial charge is 0.153 e. The lowest BCUT2D eigenvalue weighted by molar-refractivity contribution is -0.475. The quantitative estimate of drug-likeness (QED) is 0.672. The van der Waals surface area contributed by atoms with Gasteiger partial charge in [-0.1, -0.05) is 18.2 Å². The SMILES string of the molecule is Cc1nc(N2CCC(C)([NH3+])CC2)c(CO)nc1-c1c[nH]c2ccccc12. The molecule has 1 fully saturated rings. The van der Waals surface area contributed by atoms with Crippen LogP contribution in [0.1, 0.15) is 31.2 Å². The number of aryl methyl sites for hydroxylation is 1. The van der Waals surface area contributed by atoms with Gasteiger partial charge in [0, 0.05) is 48.6 Å². The molecule has 4 rings (SSSR count). The third-order valence-electron chi connectivity index (χ3n) is 5.39. The second-order valence-corrected chi connectivity index (χ2v) is 7.63. The number of aromatic amines is 1. The molecule has 0 aliphatic carbocycles. The minimum absolute atomic E-state index is 0.115. The molecule has 0 amide bonds. The number of hydrogen-bond donors (Lipinski definition) is 3. The Morgan fingerprint density at radius 3 is 2.69 bits per heavy atom. The lowest BCUT2D eigenvalue weighted by atomic mass is 9.91. The van der Waals surface area contributed by atoms with Gasteiger partial charge in [-0.25, -0.2) is 9.97 Å². The zero-order valence-corrected chi connectivity index (χ0v) is 15.4. The summed E-state index contributed by atoms with van der Waals surface area (Å²) in [6, 6.07) is 8.16. The van der Waals surface area contributed by atoms with Gasteiger partial charge in [0.25, 0.3) is 0 Å². The van der Waals surface area contributed by atoms with E-state index in [1.807, 2.05) is 31.3 Å². The van der Waals surface area contributed by atoms with Crippen LogP contribution >= 0.6 is 0 Å². The molecule has 0 atom stereocenters. The normalized spacial score (nSPS) is 17.0. The van der Waals surface area contributed by atoms with E-state index in [1.54, 1.807) is 0 Å². The summed E-state index contributed by atoms with van der Waals surface area (Å²) in [6.07, 6.45) is 4.00. The standard InChI is InChI=1S/C20H25N5O/c1-13-18(15-11-22-16-6-4-3-5-14(15)16)24-17(12-26)19(23-13)25-9-7-20(2,21)8-10-25/h3-6,11,22,26H,7-10,12,21H2,1-2H3/p+1. The molecule has 0 unspecified atom stereocenters. The van der Waals surface area contributed by atoms with Gasteiger partial charge in [0.05, 0.1) is 23.5 Å². The van der Waals surface area contributed by atoms with E-state index in [4.69, 9.17) is 9.97 Å². The van der Waals surface area contributed by atoms with Crippen LogP contribution in [0.5, 0.6) is 0 Å². The van der Waals surface area contributed by atoms with Gasteiger partial charge >= 0.3 is 0 Å². The van der Waals surface area contributed by atoms with E-state index in [9.17, 15) is 5.11 Å². The van der Waals surface area contributed by atoms with Crippen LogP contribution in [-0.2, 0) is 6.61 Å². The molecule has 3 aromatic rings. The van der Waals surface area contributed by atoms with Crippen LogP contribution in [0.2, 0.25) is 0 Å². The van der Waals surface area contributed by atoms with Crippen LogP contribution in [0, 0.1) is 6.92 Å². The summed E-state index contributed by atoms with van der Waals surface area (Å²) in [7, 11) is 0. The van der Waals surface area contributed by atoms with Crippen molar-refractivity contribution in [2.24, 2.45) is 0 Å². The Balaban J connectivity index is 1.75. The second-order valence-electron chi connectivity index (χ2n) is 7.63. The van der Waals surface area contributed by atoms with Gasteiger partial charge < -0.3 is 20.7 Å². The number of benzene rings is 1. The number of anilines is 1. The molecule has 0 saturated carbocycles. The molecule has 136 valence electrons. The largest absolute Gasteiger partial charge is 0.390 e. The predicted molar refractivity (Wildman–Crippen MR) is 103 cm³/mol. The average Bonchev–Trinajstić information content (AvgIpc) is 3.05. The summed E-state index contributed by atoms with van der Waals surface area (Å²) < 4.78 is 0. The molecule has 3 heterocycles. The Morgan fingerprint density at radius 1 is 1.23 bits per heavy atom. The number of rotatable bonds is 3. The molecule has 26 heavy (non-hydrogen) atoms. The third-order valence-corrected chi connectivity index (χ3v) is 5.39. The first-order chi connectivity index (χ1) is 12.5. The van der Waals surface area contributed by atoms with Crippen LogP contribution in [0.3, 0.4) is 0 Å². The highest BCUT2D eigenvalue weighted by Gasteiger charge is 2.31. The maximum absolute atomic E-state index is 9.93. The number of aromatic nitrogens is 3. The lowest BCUT2D eigenvalue weighted by Gasteiger charge is -2.35. The minimum atomic E-state index is -0.115. The van der Waals surface area contributed by atoms with Crippen LogP contribution in [0.25, 0.3) is 22.2 Å². The Bertz CT molecular complexity index is 937. The molecule has 0 bridgehead atoms. The highest BCUT2D eigenvalue weighted by molar-refractivity contribution is 5.95. The fourth-order valence-corrected chi connectivity index (χ4v) is 3.68. The van der Waals surface area contributed by atoms with Crippen LogP contribution in [-0.4, -0.2) is 38.7 Å². The predicted octanol–water partition coefficient (Wildman–Crippen LogP) is 2.03. The third kappa shape index (κ3) is 2.95. The number of H-pyrrole nitrogens is 1. The zero-order valence-electron chi connectivity index (χ0n) is 15.4. The maximum Gasteiger partial charge on any atom is 0.153 e. The number of piperidine rings is 1. The fourth-order valence-electron chi connectivity index (χ4n) is 3.68. The van der Waals surface area contributed by atoms with Gasteiger partial charge in [0.1, 0.15) is 5.69 Å². The van der Waals surface area contributed by atoms with Crippen molar-refractivity contribution in [2.45, 2.75) is 38.8 Å². The summed E-state index contributed by atoms with van der Waals surface area (Å²) in [5.41, 5.74) is 8.85. The Kier molecular flexibility index (Phi) is 4.17. The van der Waals surface area contributed by atoms with E-state index in [2.05, 4.69) is 28.6 Å². The summed E-state index contributed by atoms with van der Waals surface area (Å²) in [5, 5.41) is 11.0.